The molecule has 1 saturated carbocycles. The number of carbonyl (C=O) groups excluding carboxylic acids is 1. The van der Waals surface area contributed by atoms with Gasteiger partial charge in [0.15, 0.2) is 0 Å². The Morgan fingerprint density at radius 3 is 2.67 bits per heavy atom. The van der Waals surface area contributed by atoms with Crippen LogP contribution in [0.4, 0.5) is 10.1 Å². The van der Waals surface area contributed by atoms with E-state index in [2.05, 4.69) is 21.2 Å². The maximum Gasteiger partial charge on any atom is 0.238 e. The van der Waals surface area contributed by atoms with E-state index in [1.807, 2.05) is 29.2 Å². The van der Waals surface area contributed by atoms with Crippen LogP contribution in [0.15, 0.2) is 46.9 Å². The second-order valence-electron chi connectivity index (χ2n) is 5.86. The zero-order chi connectivity index (χ0) is 17.1. The Morgan fingerprint density at radius 2 is 2.00 bits per heavy atom. The monoisotopic (exact) mass is 410 g/mol. The fourth-order valence-corrected chi connectivity index (χ4v) is 3.18. The number of carbonyl (C=O) groups is 1. The summed E-state index contributed by atoms with van der Waals surface area (Å²) in [6.07, 6.45) is 2.04. The number of benzene rings is 2. The molecule has 1 N–H and O–H groups in total. The SMILES string of the molecule is O=C(CN(Cc1c(F)cccc1Cl)C1CC1)Nc1ccccc1Br. The molecule has 0 atom stereocenters. The van der Waals surface area contributed by atoms with Gasteiger partial charge in [0.25, 0.3) is 0 Å². The first-order valence-electron chi connectivity index (χ1n) is 7.76. The van der Waals surface area contributed by atoms with Crippen molar-refractivity contribution in [3.8, 4) is 0 Å². The van der Waals surface area contributed by atoms with Gasteiger partial charge in [-0.15, -0.1) is 0 Å². The fraction of sp³-hybridized carbons (Fsp3) is 0.278. The molecule has 3 rings (SSSR count). The Hall–Kier alpha value is -1.43. The molecule has 1 aliphatic carbocycles. The Labute approximate surface area is 153 Å². The summed E-state index contributed by atoms with van der Waals surface area (Å²) in [4.78, 5) is 14.3. The predicted molar refractivity (Wildman–Crippen MR) is 97.6 cm³/mol. The van der Waals surface area contributed by atoms with Crippen LogP contribution in [0.1, 0.15) is 18.4 Å². The van der Waals surface area contributed by atoms with Crippen LogP contribution in [0.2, 0.25) is 5.02 Å². The van der Waals surface area contributed by atoms with Crippen LogP contribution < -0.4 is 5.32 Å². The summed E-state index contributed by atoms with van der Waals surface area (Å²) in [5.74, 6) is -0.458. The molecule has 0 spiro atoms. The Balaban J connectivity index is 1.68. The van der Waals surface area contributed by atoms with Crippen molar-refractivity contribution in [3.05, 3.63) is 63.3 Å². The molecule has 2 aromatic carbocycles. The molecule has 24 heavy (non-hydrogen) atoms. The Morgan fingerprint density at radius 1 is 1.25 bits per heavy atom. The Bertz CT molecular complexity index is 731. The van der Waals surface area contributed by atoms with Crippen LogP contribution in [0.3, 0.4) is 0 Å². The maximum atomic E-state index is 14.0. The van der Waals surface area contributed by atoms with Crippen LogP contribution in [0.5, 0.6) is 0 Å². The number of para-hydroxylation sites is 1. The summed E-state index contributed by atoms with van der Waals surface area (Å²) in [6.45, 7) is 0.538. The molecule has 3 nitrogen and oxygen atoms in total. The Kier molecular flexibility index (Phi) is 5.54. The maximum absolute atomic E-state index is 14.0. The second kappa shape index (κ2) is 7.64. The van der Waals surface area contributed by atoms with Crippen molar-refractivity contribution in [2.45, 2.75) is 25.4 Å². The minimum absolute atomic E-state index is 0.124. The van der Waals surface area contributed by atoms with Gasteiger partial charge in [-0.25, -0.2) is 4.39 Å². The zero-order valence-electron chi connectivity index (χ0n) is 12.9. The molecule has 0 aliphatic heterocycles. The van der Waals surface area contributed by atoms with E-state index in [4.69, 9.17) is 11.6 Å². The third-order valence-corrected chi connectivity index (χ3v) is 5.03. The minimum Gasteiger partial charge on any atom is -0.324 e. The molecule has 0 heterocycles. The van der Waals surface area contributed by atoms with Gasteiger partial charge in [-0.3, -0.25) is 9.69 Å². The molecule has 2 aromatic rings. The van der Waals surface area contributed by atoms with Crippen LogP contribution in [-0.2, 0) is 11.3 Å². The van der Waals surface area contributed by atoms with E-state index in [0.29, 0.717) is 23.2 Å². The number of nitrogens with zero attached hydrogens (tertiary/aromatic N) is 1. The molecule has 0 bridgehead atoms. The van der Waals surface area contributed by atoms with Gasteiger partial charge >= 0.3 is 0 Å². The van der Waals surface area contributed by atoms with Gasteiger partial charge < -0.3 is 5.32 Å². The largest absolute Gasteiger partial charge is 0.324 e. The number of hydrogen-bond acceptors (Lipinski definition) is 2. The zero-order valence-corrected chi connectivity index (χ0v) is 15.3. The molecule has 0 radical (unpaired) electrons. The van der Waals surface area contributed by atoms with Gasteiger partial charge in [0.05, 0.1) is 12.2 Å². The van der Waals surface area contributed by atoms with Gasteiger partial charge in [0.1, 0.15) is 5.82 Å². The molecule has 1 fully saturated rings. The van der Waals surface area contributed by atoms with Crippen LogP contribution >= 0.6 is 27.5 Å². The number of halogens is 3. The van der Waals surface area contributed by atoms with E-state index < -0.39 is 0 Å². The third-order valence-electron chi connectivity index (χ3n) is 3.98. The first kappa shape index (κ1) is 17.4. The first-order valence-corrected chi connectivity index (χ1v) is 8.93. The smallest absolute Gasteiger partial charge is 0.238 e. The lowest BCUT2D eigenvalue weighted by molar-refractivity contribution is -0.117. The van der Waals surface area contributed by atoms with E-state index in [0.717, 1.165) is 23.0 Å². The van der Waals surface area contributed by atoms with E-state index >= 15 is 0 Å². The standard InChI is InChI=1S/C18H17BrClFN2O/c19-14-4-1-2-7-17(14)22-18(24)11-23(12-8-9-12)10-13-15(20)5-3-6-16(13)21/h1-7,12H,8-11H2,(H,22,24). The van der Waals surface area contributed by atoms with Crippen LogP contribution in [-0.4, -0.2) is 23.4 Å². The lowest BCUT2D eigenvalue weighted by Gasteiger charge is -2.22. The van der Waals surface area contributed by atoms with Gasteiger partial charge in [0.2, 0.25) is 5.91 Å². The van der Waals surface area contributed by atoms with Gasteiger partial charge in [-0.05, 0) is 53.0 Å². The van der Waals surface area contributed by atoms with Crippen LogP contribution in [0, 0.1) is 5.82 Å². The highest BCUT2D eigenvalue weighted by Crippen LogP contribution is 2.30. The molecule has 6 heteroatoms. The van der Waals surface area contributed by atoms with Crippen molar-refractivity contribution in [2.75, 3.05) is 11.9 Å². The quantitative estimate of drug-likeness (QED) is 0.737. The summed E-state index contributed by atoms with van der Waals surface area (Å²) in [5.41, 5.74) is 1.17. The normalized spacial score (nSPS) is 14.0. The lowest BCUT2D eigenvalue weighted by Crippen LogP contribution is -2.35. The molecule has 0 unspecified atom stereocenters. The summed E-state index contributed by atoms with van der Waals surface area (Å²) >= 11 is 9.52. The molecular weight excluding hydrogens is 395 g/mol. The van der Waals surface area contributed by atoms with E-state index in [9.17, 15) is 9.18 Å². The van der Waals surface area contributed by atoms with Crippen molar-refractivity contribution < 1.29 is 9.18 Å². The van der Waals surface area contributed by atoms with Crippen LogP contribution in [0.25, 0.3) is 0 Å². The summed E-state index contributed by atoms with van der Waals surface area (Å²) in [5, 5.41) is 3.28. The lowest BCUT2D eigenvalue weighted by atomic mass is 10.2. The second-order valence-corrected chi connectivity index (χ2v) is 7.13. The van der Waals surface area contributed by atoms with Gasteiger partial charge in [-0.2, -0.15) is 0 Å². The predicted octanol–water partition coefficient (Wildman–Crippen LogP) is 4.84. The highest BCUT2D eigenvalue weighted by atomic mass is 79.9. The number of amides is 1. The molecule has 126 valence electrons. The van der Waals surface area contributed by atoms with E-state index in [-0.39, 0.29) is 18.3 Å². The fourth-order valence-electron chi connectivity index (χ4n) is 2.58. The van der Waals surface area contributed by atoms with Crippen molar-refractivity contribution in [1.29, 1.82) is 0 Å². The number of rotatable bonds is 6. The van der Waals surface area contributed by atoms with Gasteiger partial charge in [-0.1, -0.05) is 29.8 Å². The summed E-state index contributed by atoms with van der Waals surface area (Å²) in [6, 6.07) is 12.4. The van der Waals surface area contributed by atoms with Crippen molar-refractivity contribution >= 4 is 39.1 Å². The molecular formula is C18H17BrClFN2O. The topological polar surface area (TPSA) is 32.3 Å². The van der Waals surface area contributed by atoms with E-state index in [1.54, 1.807) is 12.1 Å². The first-order chi connectivity index (χ1) is 11.5. The molecule has 0 saturated heterocycles. The summed E-state index contributed by atoms with van der Waals surface area (Å²) in [7, 11) is 0. The van der Waals surface area contributed by atoms with Crippen molar-refractivity contribution in [3.63, 3.8) is 0 Å². The molecule has 1 aliphatic rings. The van der Waals surface area contributed by atoms with Gasteiger partial charge in [0, 0.05) is 27.6 Å². The van der Waals surface area contributed by atoms with Crippen molar-refractivity contribution in [1.82, 2.24) is 4.90 Å². The number of anilines is 1. The summed E-state index contributed by atoms with van der Waals surface area (Å²) < 4.78 is 14.8. The minimum atomic E-state index is -0.334. The average molecular weight is 412 g/mol. The highest BCUT2D eigenvalue weighted by molar-refractivity contribution is 9.10. The third kappa shape index (κ3) is 4.35. The highest BCUT2D eigenvalue weighted by Gasteiger charge is 2.31. The molecule has 1 amide bonds. The molecule has 0 aromatic heterocycles. The number of nitrogens with one attached hydrogen (secondary N) is 1. The van der Waals surface area contributed by atoms with Crippen molar-refractivity contribution in [2.24, 2.45) is 0 Å². The number of hydrogen-bond donors (Lipinski definition) is 1. The average Bonchev–Trinajstić information content (AvgIpc) is 3.37. The van der Waals surface area contributed by atoms with E-state index in [1.165, 1.54) is 6.07 Å².